The van der Waals surface area contributed by atoms with E-state index in [-0.39, 0.29) is 11.9 Å². The number of ether oxygens (including phenoxy) is 2. The van der Waals surface area contributed by atoms with Gasteiger partial charge in [-0.15, -0.1) is 0 Å². The Morgan fingerprint density at radius 1 is 1.32 bits per heavy atom. The fourth-order valence-corrected chi connectivity index (χ4v) is 2.24. The van der Waals surface area contributed by atoms with E-state index in [1.165, 1.54) is 7.11 Å². The minimum absolute atomic E-state index is 0.292. The second-order valence-corrected chi connectivity index (χ2v) is 6.14. The molecule has 4 N–H and O–H groups in total. The zero-order valence-electron chi connectivity index (χ0n) is 12.1. The van der Waals surface area contributed by atoms with E-state index >= 15 is 0 Å². The summed E-state index contributed by atoms with van der Waals surface area (Å²) < 4.78 is 10.0. The van der Waals surface area contributed by atoms with Crippen LogP contribution in [0.4, 0.5) is 0 Å². The lowest BCUT2D eigenvalue weighted by atomic mass is 9.73. The van der Waals surface area contributed by atoms with Crippen LogP contribution in [-0.2, 0) is 19.1 Å². The Hall–Kier alpha value is -1.14. The predicted octanol–water partition coefficient (Wildman–Crippen LogP) is 0.326. The molecule has 0 aliphatic heterocycles. The molecule has 0 aromatic heterocycles. The normalized spacial score (nSPS) is 31.7. The van der Waals surface area contributed by atoms with Crippen molar-refractivity contribution < 1.29 is 19.1 Å². The fourth-order valence-electron chi connectivity index (χ4n) is 2.24. The molecule has 6 nitrogen and oxygen atoms in total. The average molecular weight is 272 g/mol. The van der Waals surface area contributed by atoms with Crippen molar-refractivity contribution in [3.05, 3.63) is 0 Å². The number of hydrogen-bond acceptors (Lipinski definition) is 6. The average Bonchev–Trinajstić information content (AvgIpc) is 2.29. The van der Waals surface area contributed by atoms with Gasteiger partial charge in [0, 0.05) is 6.04 Å². The highest BCUT2D eigenvalue weighted by Gasteiger charge is 2.48. The van der Waals surface area contributed by atoms with Gasteiger partial charge in [0.25, 0.3) is 0 Å². The Kier molecular flexibility index (Phi) is 4.58. The summed E-state index contributed by atoms with van der Waals surface area (Å²) in [5, 5.41) is 0. The van der Waals surface area contributed by atoms with Crippen LogP contribution in [0.5, 0.6) is 0 Å². The largest absolute Gasteiger partial charge is 0.469 e. The van der Waals surface area contributed by atoms with Crippen molar-refractivity contribution in [2.24, 2.45) is 17.4 Å². The van der Waals surface area contributed by atoms with E-state index in [9.17, 15) is 9.59 Å². The zero-order valence-corrected chi connectivity index (χ0v) is 12.1. The first-order valence-electron chi connectivity index (χ1n) is 6.46. The number of carbonyl (C=O) groups excluding carboxylic acids is 2. The first kappa shape index (κ1) is 15.9. The molecule has 1 aliphatic rings. The van der Waals surface area contributed by atoms with Crippen LogP contribution in [0.2, 0.25) is 0 Å². The Bertz CT molecular complexity index is 364. The van der Waals surface area contributed by atoms with Gasteiger partial charge >= 0.3 is 11.9 Å². The Morgan fingerprint density at radius 2 is 1.89 bits per heavy atom. The maximum atomic E-state index is 12.1. The fraction of sp³-hybridized carbons (Fsp3) is 0.846. The van der Waals surface area contributed by atoms with Crippen LogP contribution in [-0.4, -0.2) is 36.2 Å². The summed E-state index contributed by atoms with van der Waals surface area (Å²) in [6.07, 6.45) is 1.14. The van der Waals surface area contributed by atoms with Gasteiger partial charge in [-0.2, -0.15) is 0 Å². The molecule has 6 heteroatoms. The Morgan fingerprint density at radius 3 is 2.32 bits per heavy atom. The third-order valence-electron chi connectivity index (χ3n) is 3.42. The maximum absolute atomic E-state index is 12.1. The second kappa shape index (κ2) is 5.46. The highest BCUT2D eigenvalue weighted by molar-refractivity contribution is 5.83. The van der Waals surface area contributed by atoms with Gasteiger partial charge < -0.3 is 20.9 Å². The third-order valence-corrected chi connectivity index (χ3v) is 3.42. The molecule has 1 fully saturated rings. The maximum Gasteiger partial charge on any atom is 0.328 e. The first-order chi connectivity index (χ1) is 8.60. The molecule has 110 valence electrons. The molecule has 0 aromatic carbocycles. The Labute approximate surface area is 113 Å². The summed E-state index contributed by atoms with van der Waals surface area (Å²) in [4.78, 5) is 23.6. The molecule has 0 spiro atoms. The molecule has 1 aliphatic carbocycles. The van der Waals surface area contributed by atoms with E-state index in [2.05, 4.69) is 0 Å². The number of nitrogens with two attached hydrogens (primary N) is 2. The number of carbonyl (C=O) groups is 2. The molecule has 0 heterocycles. The van der Waals surface area contributed by atoms with Gasteiger partial charge in [0.15, 0.2) is 0 Å². The first-order valence-corrected chi connectivity index (χ1v) is 6.46. The molecule has 1 rings (SSSR count). The van der Waals surface area contributed by atoms with Gasteiger partial charge in [0.05, 0.1) is 13.0 Å². The molecule has 19 heavy (non-hydrogen) atoms. The molecule has 0 radical (unpaired) electrons. The van der Waals surface area contributed by atoms with E-state index < -0.39 is 23.2 Å². The van der Waals surface area contributed by atoms with Crippen LogP contribution in [0.25, 0.3) is 0 Å². The van der Waals surface area contributed by atoms with Crippen molar-refractivity contribution in [2.75, 3.05) is 7.11 Å². The summed E-state index contributed by atoms with van der Waals surface area (Å²) in [5.41, 5.74) is 10.3. The summed E-state index contributed by atoms with van der Waals surface area (Å²) in [6, 6.07) is -0.611. The van der Waals surface area contributed by atoms with E-state index in [1.54, 1.807) is 20.8 Å². The molecular formula is C13H24N2O4. The predicted molar refractivity (Wildman–Crippen MR) is 70.1 cm³/mol. The lowest BCUT2D eigenvalue weighted by Gasteiger charge is -2.40. The van der Waals surface area contributed by atoms with Crippen molar-refractivity contribution >= 4 is 11.9 Å². The van der Waals surface area contributed by atoms with Crippen LogP contribution in [0.1, 0.15) is 40.0 Å². The molecule has 0 amide bonds. The van der Waals surface area contributed by atoms with Crippen LogP contribution in [0, 0.1) is 5.92 Å². The van der Waals surface area contributed by atoms with Gasteiger partial charge in [-0.25, -0.2) is 4.79 Å². The third kappa shape index (κ3) is 3.67. The van der Waals surface area contributed by atoms with E-state index in [4.69, 9.17) is 20.9 Å². The number of methoxy groups -OCH3 is 1. The molecule has 3 unspecified atom stereocenters. The van der Waals surface area contributed by atoms with Crippen LogP contribution < -0.4 is 11.5 Å². The summed E-state index contributed by atoms with van der Waals surface area (Å²) in [5.74, 6) is -1.10. The van der Waals surface area contributed by atoms with E-state index in [0.717, 1.165) is 0 Å². The van der Waals surface area contributed by atoms with Gasteiger partial charge in [-0.3, -0.25) is 4.79 Å². The molecule has 0 saturated heterocycles. The molecule has 0 aromatic rings. The monoisotopic (exact) mass is 272 g/mol. The van der Waals surface area contributed by atoms with Gasteiger partial charge in [-0.05, 0) is 40.0 Å². The SMILES string of the molecule is COC(=O)C1CCC(N)(C(=O)OC(C)(C)C)C(N)C1. The number of hydrogen-bond donors (Lipinski definition) is 2. The van der Waals surface area contributed by atoms with Crippen molar-refractivity contribution in [1.82, 2.24) is 0 Å². The second-order valence-electron chi connectivity index (χ2n) is 6.14. The van der Waals surface area contributed by atoms with Crippen LogP contribution in [0.15, 0.2) is 0 Å². The molecule has 3 atom stereocenters. The van der Waals surface area contributed by atoms with Crippen LogP contribution in [0.3, 0.4) is 0 Å². The minimum atomic E-state index is -1.22. The highest BCUT2D eigenvalue weighted by atomic mass is 16.6. The minimum Gasteiger partial charge on any atom is -0.469 e. The van der Waals surface area contributed by atoms with E-state index in [1.807, 2.05) is 0 Å². The topological polar surface area (TPSA) is 105 Å². The lowest BCUT2D eigenvalue weighted by molar-refractivity contribution is -0.166. The smallest absolute Gasteiger partial charge is 0.328 e. The van der Waals surface area contributed by atoms with Crippen LogP contribution >= 0.6 is 0 Å². The standard InChI is InChI=1S/C13H24N2O4/c1-12(2,3)19-11(17)13(15)6-5-8(7-9(13)14)10(16)18-4/h8-9H,5-7,14-15H2,1-4H3. The highest BCUT2D eigenvalue weighted by Crippen LogP contribution is 2.32. The zero-order chi connectivity index (χ0) is 14.8. The molecular weight excluding hydrogens is 248 g/mol. The molecule has 1 saturated carbocycles. The van der Waals surface area contributed by atoms with Crippen molar-refractivity contribution in [3.8, 4) is 0 Å². The van der Waals surface area contributed by atoms with Gasteiger partial charge in [0.1, 0.15) is 11.1 Å². The van der Waals surface area contributed by atoms with Crippen molar-refractivity contribution in [2.45, 2.75) is 57.2 Å². The Balaban J connectivity index is 2.75. The summed E-state index contributed by atoms with van der Waals surface area (Å²) >= 11 is 0. The summed E-state index contributed by atoms with van der Waals surface area (Å²) in [7, 11) is 1.34. The van der Waals surface area contributed by atoms with Crippen molar-refractivity contribution in [1.29, 1.82) is 0 Å². The van der Waals surface area contributed by atoms with E-state index in [0.29, 0.717) is 19.3 Å². The number of esters is 2. The quantitative estimate of drug-likeness (QED) is 0.702. The van der Waals surface area contributed by atoms with Crippen molar-refractivity contribution in [3.63, 3.8) is 0 Å². The number of rotatable bonds is 2. The lowest BCUT2D eigenvalue weighted by Crippen LogP contribution is -2.65. The van der Waals surface area contributed by atoms with Gasteiger partial charge in [-0.1, -0.05) is 0 Å². The summed E-state index contributed by atoms with van der Waals surface area (Å²) in [6.45, 7) is 5.33. The molecule has 0 bridgehead atoms. The van der Waals surface area contributed by atoms with Gasteiger partial charge in [0.2, 0.25) is 0 Å².